The van der Waals surface area contributed by atoms with Crippen molar-refractivity contribution in [3.05, 3.63) is 40.9 Å². The number of nitrogens with zero attached hydrogens (tertiary/aromatic N) is 2. The molecule has 0 atom stereocenters. The summed E-state index contributed by atoms with van der Waals surface area (Å²) in [6, 6.07) is 6.43. The molecular formula is C17H20N4O2S. The van der Waals surface area contributed by atoms with Crippen LogP contribution in [0.2, 0.25) is 0 Å². The predicted octanol–water partition coefficient (Wildman–Crippen LogP) is 1.82. The van der Waals surface area contributed by atoms with Crippen LogP contribution in [0.3, 0.4) is 0 Å². The lowest BCUT2D eigenvalue weighted by Gasteiger charge is -2.27. The quantitative estimate of drug-likeness (QED) is 0.830. The zero-order valence-corrected chi connectivity index (χ0v) is 14.4. The van der Waals surface area contributed by atoms with Crippen molar-refractivity contribution < 1.29 is 9.59 Å². The number of aromatic nitrogens is 1. The summed E-state index contributed by atoms with van der Waals surface area (Å²) in [6.07, 6.45) is 4.54. The Labute approximate surface area is 144 Å². The molecule has 2 N–H and O–H groups in total. The van der Waals surface area contributed by atoms with Crippen molar-refractivity contribution in [1.29, 1.82) is 0 Å². The largest absolute Gasteiger partial charge is 0.374 e. The maximum Gasteiger partial charge on any atom is 0.315 e. The minimum atomic E-state index is -0.683. The maximum absolute atomic E-state index is 11.8. The fourth-order valence-electron chi connectivity index (χ4n) is 2.83. The van der Waals surface area contributed by atoms with Crippen molar-refractivity contribution in [2.24, 2.45) is 0 Å². The summed E-state index contributed by atoms with van der Waals surface area (Å²) in [6.45, 7) is 1.52. The van der Waals surface area contributed by atoms with E-state index in [1.54, 1.807) is 11.6 Å². The number of fused-ring (bicyclic) bond motifs is 1. The molecular weight excluding hydrogens is 324 g/mol. The Morgan fingerprint density at radius 2 is 2.21 bits per heavy atom. The van der Waals surface area contributed by atoms with Crippen LogP contribution >= 0.6 is 11.3 Å². The van der Waals surface area contributed by atoms with Crippen LogP contribution in [0.5, 0.6) is 0 Å². The van der Waals surface area contributed by atoms with E-state index in [2.05, 4.69) is 45.8 Å². The topological polar surface area (TPSA) is 74.3 Å². The van der Waals surface area contributed by atoms with Crippen molar-refractivity contribution in [1.82, 2.24) is 10.3 Å². The number of carbonyl (C=O) groups is 2. The van der Waals surface area contributed by atoms with Crippen LogP contribution in [-0.4, -0.2) is 36.9 Å². The Kier molecular flexibility index (Phi) is 5.10. The summed E-state index contributed by atoms with van der Waals surface area (Å²) in [7, 11) is 2.11. The highest BCUT2D eigenvalue weighted by atomic mass is 32.1. The van der Waals surface area contributed by atoms with Gasteiger partial charge in [0.25, 0.3) is 0 Å². The number of rotatable bonds is 4. The maximum atomic E-state index is 11.8. The Morgan fingerprint density at radius 1 is 1.33 bits per heavy atom. The van der Waals surface area contributed by atoms with Crippen LogP contribution in [0.15, 0.2) is 29.8 Å². The molecule has 1 aliphatic rings. The molecule has 126 valence electrons. The molecule has 2 amide bonds. The van der Waals surface area contributed by atoms with Crippen LogP contribution in [0, 0.1) is 0 Å². The van der Waals surface area contributed by atoms with Gasteiger partial charge in [0.15, 0.2) is 5.13 Å². The zero-order chi connectivity index (χ0) is 16.9. The lowest BCUT2D eigenvalue weighted by atomic mass is 9.98. The minimum Gasteiger partial charge on any atom is -0.374 e. The van der Waals surface area contributed by atoms with Gasteiger partial charge in [-0.2, -0.15) is 0 Å². The first-order valence-electron chi connectivity index (χ1n) is 7.95. The number of aryl methyl sites for hydroxylation is 1. The van der Waals surface area contributed by atoms with E-state index in [4.69, 9.17) is 0 Å². The number of benzene rings is 1. The molecule has 0 unspecified atom stereocenters. The van der Waals surface area contributed by atoms with E-state index in [9.17, 15) is 9.59 Å². The van der Waals surface area contributed by atoms with Crippen LogP contribution in [0.25, 0.3) is 0 Å². The van der Waals surface area contributed by atoms with Crippen LogP contribution in [-0.2, 0) is 22.4 Å². The second-order valence-corrected chi connectivity index (χ2v) is 6.68. The lowest BCUT2D eigenvalue weighted by Crippen LogP contribution is -2.36. The fraction of sp³-hybridized carbons (Fsp3) is 0.353. The number of anilines is 2. The highest BCUT2D eigenvalue weighted by Crippen LogP contribution is 2.26. The van der Waals surface area contributed by atoms with Gasteiger partial charge in [0.2, 0.25) is 0 Å². The van der Waals surface area contributed by atoms with Gasteiger partial charge in [0.05, 0.1) is 0 Å². The highest BCUT2D eigenvalue weighted by Gasteiger charge is 2.15. The monoisotopic (exact) mass is 344 g/mol. The third kappa shape index (κ3) is 3.91. The summed E-state index contributed by atoms with van der Waals surface area (Å²) in [4.78, 5) is 29.7. The molecule has 1 aliphatic heterocycles. The average Bonchev–Trinajstić information content (AvgIpc) is 3.08. The molecule has 0 radical (unpaired) electrons. The van der Waals surface area contributed by atoms with Gasteiger partial charge < -0.3 is 10.2 Å². The van der Waals surface area contributed by atoms with Gasteiger partial charge >= 0.3 is 11.8 Å². The molecule has 0 fully saturated rings. The molecule has 1 aromatic carbocycles. The number of hydrogen-bond acceptors (Lipinski definition) is 5. The standard InChI is InChI=1S/C17H20N4O2S/c1-21-9-2-3-13-11-12(4-5-14(13)21)6-7-18-15(22)16(23)20-17-19-8-10-24-17/h4-5,8,10-11H,2-3,6-7,9H2,1H3,(H,18,22)(H,19,20,23). The Hall–Kier alpha value is -2.41. The van der Waals surface area contributed by atoms with Crippen molar-refractivity contribution in [2.45, 2.75) is 19.3 Å². The van der Waals surface area contributed by atoms with Gasteiger partial charge in [-0.25, -0.2) is 4.98 Å². The molecule has 1 aromatic heterocycles. The summed E-state index contributed by atoms with van der Waals surface area (Å²) in [5, 5.41) is 7.28. The van der Waals surface area contributed by atoms with Crippen molar-refractivity contribution >= 4 is 34.0 Å². The van der Waals surface area contributed by atoms with Gasteiger partial charge in [-0.05, 0) is 36.5 Å². The van der Waals surface area contributed by atoms with Gasteiger partial charge in [-0.3, -0.25) is 14.9 Å². The molecule has 7 heteroatoms. The van der Waals surface area contributed by atoms with E-state index in [-0.39, 0.29) is 0 Å². The van der Waals surface area contributed by atoms with Crippen molar-refractivity contribution in [3.63, 3.8) is 0 Å². The third-order valence-corrected chi connectivity index (χ3v) is 4.74. The lowest BCUT2D eigenvalue weighted by molar-refractivity contribution is -0.136. The third-order valence-electron chi connectivity index (χ3n) is 4.05. The highest BCUT2D eigenvalue weighted by molar-refractivity contribution is 7.13. The second kappa shape index (κ2) is 7.44. The zero-order valence-electron chi connectivity index (χ0n) is 13.5. The van der Waals surface area contributed by atoms with Crippen molar-refractivity contribution in [3.8, 4) is 0 Å². The molecule has 24 heavy (non-hydrogen) atoms. The average molecular weight is 344 g/mol. The number of carbonyl (C=O) groups excluding carboxylic acids is 2. The number of amides is 2. The first kappa shape index (κ1) is 16.4. The molecule has 2 aromatic rings. The van der Waals surface area contributed by atoms with E-state index in [0.717, 1.165) is 13.0 Å². The molecule has 0 saturated carbocycles. The summed E-state index contributed by atoms with van der Waals surface area (Å²) in [5.41, 5.74) is 3.82. The van der Waals surface area contributed by atoms with Gasteiger partial charge in [0.1, 0.15) is 0 Å². The summed E-state index contributed by atoms with van der Waals surface area (Å²) >= 11 is 1.28. The van der Waals surface area contributed by atoms with E-state index >= 15 is 0 Å². The first-order chi connectivity index (χ1) is 11.6. The van der Waals surface area contributed by atoms with Gasteiger partial charge in [-0.15, -0.1) is 11.3 Å². The smallest absolute Gasteiger partial charge is 0.315 e. The molecule has 0 saturated heterocycles. The number of nitrogens with one attached hydrogen (secondary N) is 2. The SMILES string of the molecule is CN1CCCc2cc(CCNC(=O)C(=O)Nc3nccs3)ccc21. The van der Waals surface area contributed by atoms with Gasteiger partial charge in [-0.1, -0.05) is 12.1 Å². The van der Waals surface area contributed by atoms with E-state index in [0.29, 0.717) is 18.1 Å². The van der Waals surface area contributed by atoms with E-state index in [1.807, 2.05) is 0 Å². The Morgan fingerprint density at radius 3 is 3.00 bits per heavy atom. The molecule has 3 rings (SSSR count). The Bertz CT molecular complexity index is 730. The van der Waals surface area contributed by atoms with E-state index < -0.39 is 11.8 Å². The second-order valence-electron chi connectivity index (χ2n) is 5.79. The summed E-state index contributed by atoms with van der Waals surface area (Å²) < 4.78 is 0. The van der Waals surface area contributed by atoms with Crippen LogP contribution < -0.4 is 15.5 Å². The van der Waals surface area contributed by atoms with Crippen LogP contribution in [0.1, 0.15) is 17.5 Å². The molecule has 0 aliphatic carbocycles. The first-order valence-corrected chi connectivity index (χ1v) is 8.83. The van der Waals surface area contributed by atoms with Crippen molar-refractivity contribution in [2.75, 3.05) is 30.4 Å². The predicted molar refractivity (Wildman–Crippen MR) is 95.5 cm³/mol. The summed E-state index contributed by atoms with van der Waals surface area (Å²) in [5.74, 6) is -1.32. The van der Waals surface area contributed by atoms with Gasteiger partial charge in [0, 0.05) is 37.4 Å². The Balaban J connectivity index is 1.49. The molecule has 0 bridgehead atoms. The number of hydrogen-bond donors (Lipinski definition) is 2. The van der Waals surface area contributed by atoms with E-state index in [1.165, 1.54) is 34.6 Å². The minimum absolute atomic E-state index is 0.425. The van der Waals surface area contributed by atoms with Crippen LogP contribution in [0.4, 0.5) is 10.8 Å². The molecule has 2 heterocycles. The molecule has 0 spiro atoms. The molecule has 6 nitrogen and oxygen atoms in total. The number of thiazole rings is 1. The normalized spacial score (nSPS) is 13.3. The fourth-order valence-corrected chi connectivity index (χ4v) is 3.36.